The lowest BCUT2D eigenvalue weighted by molar-refractivity contribution is 0.215. The highest BCUT2D eigenvalue weighted by Crippen LogP contribution is 2.17. The van der Waals surface area contributed by atoms with Crippen molar-refractivity contribution in [3.05, 3.63) is 42.2 Å². The van der Waals surface area contributed by atoms with Crippen molar-refractivity contribution in [1.29, 1.82) is 0 Å². The minimum absolute atomic E-state index is 0.501. The number of nitrogens with one attached hydrogen (secondary N) is 1. The number of hydrogen-bond acceptors (Lipinski definition) is 4. The van der Waals surface area contributed by atoms with Crippen LogP contribution in [0.4, 0.5) is 0 Å². The van der Waals surface area contributed by atoms with Crippen LogP contribution in [0.5, 0.6) is 11.5 Å². The van der Waals surface area contributed by atoms with Crippen molar-refractivity contribution in [1.82, 2.24) is 15.1 Å². The highest BCUT2D eigenvalue weighted by molar-refractivity contribution is 5.33. The summed E-state index contributed by atoms with van der Waals surface area (Å²) in [6.07, 6.45) is 3.53. The first-order chi connectivity index (χ1) is 9.79. The Morgan fingerprint density at radius 1 is 1.20 bits per heavy atom. The predicted octanol–water partition coefficient (Wildman–Crippen LogP) is 1.99. The summed E-state index contributed by atoms with van der Waals surface area (Å²) in [7, 11) is 1.86. The largest absolute Gasteiger partial charge is 0.490 e. The average Bonchev–Trinajstić information content (AvgIpc) is 2.88. The molecule has 5 nitrogen and oxygen atoms in total. The van der Waals surface area contributed by atoms with E-state index in [-0.39, 0.29) is 0 Å². The molecule has 0 radical (unpaired) electrons. The molecule has 2 rings (SSSR count). The van der Waals surface area contributed by atoms with E-state index in [1.54, 1.807) is 10.9 Å². The maximum atomic E-state index is 5.77. The van der Waals surface area contributed by atoms with Gasteiger partial charge in [-0.1, -0.05) is 25.1 Å². The standard InChI is InChI=1S/C15H21N3O2/c1-3-16-10-13-6-4-5-7-15(13)20-9-8-19-14-11-17-18(2)12-14/h4-7,11-12,16H,3,8-10H2,1-2H3. The number of para-hydroxylation sites is 1. The molecule has 108 valence electrons. The summed E-state index contributed by atoms with van der Waals surface area (Å²) in [4.78, 5) is 0. The molecule has 0 aliphatic rings. The molecule has 0 spiro atoms. The van der Waals surface area contributed by atoms with Crippen molar-refractivity contribution in [2.45, 2.75) is 13.5 Å². The van der Waals surface area contributed by atoms with Crippen LogP contribution in [0.2, 0.25) is 0 Å². The minimum Gasteiger partial charge on any atom is -0.490 e. The Hall–Kier alpha value is -2.01. The lowest BCUT2D eigenvalue weighted by atomic mass is 10.2. The quantitative estimate of drug-likeness (QED) is 0.748. The molecule has 0 fully saturated rings. The lowest BCUT2D eigenvalue weighted by Gasteiger charge is -2.11. The van der Waals surface area contributed by atoms with E-state index < -0.39 is 0 Å². The zero-order valence-corrected chi connectivity index (χ0v) is 12.0. The van der Waals surface area contributed by atoms with Gasteiger partial charge in [0.15, 0.2) is 5.75 Å². The Bertz CT molecular complexity index is 525. The molecular weight excluding hydrogens is 254 g/mol. The summed E-state index contributed by atoms with van der Waals surface area (Å²) in [6, 6.07) is 8.05. The fourth-order valence-corrected chi connectivity index (χ4v) is 1.83. The van der Waals surface area contributed by atoms with E-state index in [1.807, 2.05) is 31.4 Å². The maximum Gasteiger partial charge on any atom is 0.157 e. The summed E-state index contributed by atoms with van der Waals surface area (Å²) in [5, 5.41) is 7.35. The van der Waals surface area contributed by atoms with Gasteiger partial charge in [0.25, 0.3) is 0 Å². The van der Waals surface area contributed by atoms with Crippen LogP contribution in [0.25, 0.3) is 0 Å². The van der Waals surface area contributed by atoms with Crippen molar-refractivity contribution in [3.8, 4) is 11.5 Å². The summed E-state index contributed by atoms with van der Waals surface area (Å²) in [5.41, 5.74) is 1.16. The smallest absolute Gasteiger partial charge is 0.157 e. The molecule has 0 atom stereocenters. The Labute approximate surface area is 119 Å². The highest BCUT2D eigenvalue weighted by atomic mass is 16.5. The molecule has 2 aromatic rings. The molecule has 0 unspecified atom stereocenters. The molecular formula is C15H21N3O2. The molecule has 0 bridgehead atoms. The van der Waals surface area contributed by atoms with Gasteiger partial charge in [0.1, 0.15) is 19.0 Å². The molecule has 0 saturated carbocycles. The van der Waals surface area contributed by atoms with E-state index in [1.165, 1.54) is 0 Å². The van der Waals surface area contributed by atoms with E-state index >= 15 is 0 Å². The van der Waals surface area contributed by atoms with Gasteiger partial charge in [0.2, 0.25) is 0 Å². The van der Waals surface area contributed by atoms with Crippen LogP contribution >= 0.6 is 0 Å². The second kappa shape index (κ2) is 7.55. The first kappa shape index (κ1) is 14.4. The minimum atomic E-state index is 0.501. The van der Waals surface area contributed by atoms with Gasteiger partial charge in [-0.3, -0.25) is 4.68 Å². The molecule has 0 aliphatic heterocycles. The maximum absolute atomic E-state index is 5.77. The van der Waals surface area contributed by atoms with Gasteiger partial charge in [-0.05, 0) is 12.6 Å². The van der Waals surface area contributed by atoms with E-state index in [9.17, 15) is 0 Å². The summed E-state index contributed by atoms with van der Waals surface area (Å²) >= 11 is 0. The Balaban J connectivity index is 1.78. The molecule has 0 amide bonds. The van der Waals surface area contributed by atoms with Crippen molar-refractivity contribution < 1.29 is 9.47 Å². The topological polar surface area (TPSA) is 48.3 Å². The van der Waals surface area contributed by atoms with Gasteiger partial charge >= 0.3 is 0 Å². The predicted molar refractivity (Wildman–Crippen MR) is 78.0 cm³/mol. The summed E-state index contributed by atoms with van der Waals surface area (Å²) in [6.45, 7) is 4.86. The zero-order chi connectivity index (χ0) is 14.2. The summed E-state index contributed by atoms with van der Waals surface area (Å²) in [5.74, 6) is 1.67. The van der Waals surface area contributed by atoms with Crippen LogP contribution in [-0.2, 0) is 13.6 Å². The number of aryl methyl sites for hydroxylation is 1. The monoisotopic (exact) mass is 275 g/mol. The number of hydrogen-bond donors (Lipinski definition) is 1. The van der Waals surface area contributed by atoms with Crippen LogP contribution in [0.1, 0.15) is 12.5 Å². The van der Waals surface area contributed by atoms with Gasteiger partial charge in [0.05, 0.1) is 12.4 Å². The molecule has 1 aromatic heterocycles. The summed E-state index contributed by atoms with van der Waals surface area (Å²) < 4.78 is 13.0. The van der Waals surface area contributed by atoms with Crippen molar-refractivity contribution in [2.24, 2.45) is 7.05 Å². The van der Waals surface area contributed by atoms with Crippen LogP contribution < -0.4 is 14.8 Å². The molecule has 5 heteroatoms. The van der Waals surface area contributed by atoms with Crippen molar-refractivity contribution in [3.63, 3.8) is 0 Å². The van der Waals surface area contributed by atoms with Gasteiger partial charge in [-0.25, -0.2) is 0 Å². The first-order valence-electron chi connectivity index (χ1n) is 6.82. The van der Waals surface area contributed by atoms with Crippen molar-refractivity contribution >= 4 is 0 Å². The molecule has 1 N–H and O–H groups in total. The molecule has 0 saturated heterocycles. The molecule has 0 aliphatic carbocycles. The SMILES string of the molecule is CCNCc1ccccc1OCCOc1cnn(C)c1. The third-order valence-electron chi connectivity index (χ3n) is 2.83. The normalized spacial score (nSPS) is 10.5. The Morgan fingerprint density at radius 3 is 2.75 bits per heavy atom. The van der Waals surface area contributed by atoms with E-state index in [2.05, 4.69) is 23.4 Å². The highest BCUT2D eigenvalue weighted by Gasteiger charge is 2.02. The first-order valence-corrected chi connectivity index (χ1v) is 6.82. The van der Waals surface area contributed by atoms with Gasteiger partial charge in [0, 0.05) is 19.2 Å². The second-order valence-electron chi connectivity index (χ2n) is 4.43. The van der Waals surface area contributed by atoms with Crippen LogP contribution in [0.3, 0.4) is 0 Å². The molecule has 1 aromatic carbocycles. The van der Waals surface area contributed by atoms with Gasteiger partial charge in [-0.15, -0.1) is 0 Å². The van der Waals surface area contributed by atoms with E-state index in [4.69, 9.17) is 9.47 Å². The molecule has 20 heavy (non-hydrogen) atoms. The number of ether oxygens (including phenoxy) is 2. The fraction of sp³-hybridized carbons (Fsp3) is 0.400. The number of aromatic nitrogens is 2. The third-order valence-corrected chi connectivity index (χ3v) is 2.83. The fourth-order valence-electron chi connectivity index (χ4n) is 1.83. The van der Waals surface area contributed by atoms with Crippen LogP contribution in [0, 0.1) is 0 Å². The van der Waals surface area contributed by atoms with Gasteiger partial charge < -0.3 is 14.8 Å². The average molecular weight is 275 g/mol. The number of nitrogens with zero attached hydrogens (tertiary/aromatic N) is 2. The Morgan fingerprint density at radius 2 is 2.00 bits per heavy atom. The van der Waals surface area contributed by atoms with E-state index in [0.717, 1.165) is 30.2 Å². The number of benzene rings is 1. The van der Waals surface area contributed by atoms with Crippen LogP contribution in [-0.4, -0.2) is 29.5 Å². The van der Waals surface area contributed by atoms with Crippen LogP contribution in [0.15, 0.2) is 36.7 Å². The Kier molecular flexibility index (Phi) is 5.43. The van der Waals surface area contributed by atoms with Crippen molar-refractivity contribution in [2.75, 3.05) is 19.8 Å². The lowest BCUT2D eigenvalue weighted by Crippen LogP contribution is -2.14. The third kappa shape index (κ3) is 4.28. The zero-order valence-electron chi connectivity index (χ0n) is 12.0. The molecule has 1 heterocycles. The second-order valence-corrected chi connectivity index (χ2v) is 4.43. The van der Waals surface area contributed by atoms with E-state index in [0.29, 0.717) is 13.2 Å². The van der Waals surface area contributed by atoms with Gasteiger partial charge in [-0.2, -0.15) is 5.10 Å². The number of rotatable bonds is 8.